The van der Waals surface area contributed by atoms with Crippen molar-refractivity contribution < 1.29 is 21.6 Å². The summed E-state index contributed by atoms with van der Waals surface area (Å²) in [6, 6.07) is -0.128. The van der Waals surface area contributed by atoms with Gasteiger partial charge in [0.2, 0.25) is 0 Å². The number of nitrogens with zero attached hydrogens (tertiary/aromatic N) is 5. The van der Waals surface area contributed by atoms with E-state index < -0.39 is 33.2 Å². The smallest absolute Gasteiger partial charge is 0.236 e. The summed E-state index contributed by atoms with van der Waals surface area (Å²) in [6.45, 7) is 3.56. The van der Waals surface area contributed by atoms with Crippen LogP contribution in [-0.2, 0) is 27.5 Å². The maximum atomic E-state index is 12.4. The Morgan fingerprint density at radius 3 is 2.55 bits per heavy atom. The van der Waals surface area contributed by atoms with Crippen LogP contribution in [-0.4, -0.2) is 33.6 Å². The van der Waals surface area contributed by atoms with Crippen LogP contribution in [0.5, 0.6) is 0 Å². The first kappa shape index (κ1) is 16.8. The maximum Gasteiger partial charge on any atom is 0.434 e. The fraction of sp³-hybridized carbons (Fsp3) is 0.600. The second-order valence-electron chi connectivity index (χ2n) is 4.79. The largest absolute Gasteiger partial charge is 0.434 e. The first-order chi connectivity index (χ1) is 10.1. The Kier molecular flexibility index (Phi) is 4.52. The molecule has 0 fully saturated rings. The molecule has 12 heteroatoms. The van der Waals surface area contributed by atoms with E-state index in [0.29, 0.717) is 11.3 Å². The Morgan fingerprint density at radius 1 is 1.32 bits per heavy atom. The second kappa shape index (κ2) is 5.91. The van der Waals surface area contributed by atoms with Crippen molar-refractivity contribution in [3.63, 3.8) is 0 Å². The molecule has 0 aromatic carbocycles. The predicted octanol–water partition coefficient (Wildman–Crippen LogP) is 1.84. The second-order valence-corrected chi connectivity index (χ2v) is 7.80. The van der Waals surface area contributed by atoms with Gasteiger partial charge in [-0.25, -0.2) is 18.1 Å². The summed E-state index contributed by atoms with van der Waals surface area (Å²) >= 11 is 0.658. The molecule has 2 aromatic heterocycles. The SMILES string of the molecule is CC(C)n1nnnc1CS(=O)(=O)Cc1nc(C(F)(F)F)cs1. The number of hydrogen-bond acceptors (Lipinski definition) is 7. The van der Waals surface area contributed by atoms with E-state index in [2.05, 4.69) is 20.5 Å². The third-order valence-electron chi connectivity index (χ3n) is 2.58. The van der Waals surface area contributed by atoms with Crippen LogP contribution in [0.25, 0.3) is 0 Å². The summed E-state index contributed by atoms with van der Waals surface area (Å²) in [7, 11) is -3.73. The summed E-state index contributed by atoms with van der Waals surface area (Å²) in [5.74, 6) is -0.903. The molecule has 7 nitrogen and oxygen atoms in total. The Labute approximate surface area is 128 Å². The highest BCUT2D eigenvalue weighted by Crippen LogP contribution is 2.30. The van der Waals surface area contributed by atoms with Gasteiger partial charge >= 0.3 is 6.18 Å². The van der Waals surface area contributed by atoms with Gasteiger partial charge in [0.05, 0.1) is 6.04 Å². The van der Waals surface area contributed by atoms with Gasteiger partial charge < -0.3 is 0 Å². The Hall–Kier alpha value is -1.56. The van der Waals surface area contributed by atoms with Gasteiger partial charge in [-0.1, -0.05) is 0 Å². The number of rotatable bonds is 5. The highest BCUT2D eigenvalue weighted by Gasteiger charge is 2.34. The molecule has 0 saturated heterocycles. The summed E-state index contributed by atoms with van der Waals surface area (Å²) in [5, 5.41) is 11.4. The molecular formula is C10H12F3N5O2S2. The summed E-state index contributed by atoms with van der Waals surface area (Å²) < 4.78 is 62.8. The number of sulfone groups is 1. The number of tetrazole rings is 1. The van der Waals surface area contributed by atoms with Crippen molar-refractivity contribution in [3.8, 4) is 0 Å². The quantitative estimate of drug-likeness (QED) is 0.813. The minimum atomic E-state index is -4.58. The van der Waals surface area contributed by atoms with E-state index in [9.17, 15) is 21.6 Å². The van der Waals surface area contributed by atoms with Crippen molar-refractivity contribution in [2.45, 2.75) is 37.6 Å². The van der Waals surface area contributed by atoms with Crippen LogP contribution in [0.1, 0.15) is 36.4 Å². The van der Waals surface area contributed by atoms with Gasteiger partial charge in [-0.3, -0.25) is 0 Å². The third kappa shape index (κ3) is 4.00. The first-order valence-electron chi connectivity index (χ1n) is 6.07. The normalized spacial score (nSPS) is 13.0. The molecule has 0 N–H and O–H groups in total. The Morgan fingerprint density at radius 2 is 2.00 bits per heavy atom. The van der Waals surface area contributed by atoms with Gasteiger partial charge in [-0.15, -0.1) is 16.4 Å². The van der Waals surface area contributed by atoms with Gasteiger partial charge in [-0.2, -0.15) is 13.2 Å². The van der Waals surface area contributed by atoms with Gasteiger partial charge in [0.25, 0.3) is 0 Å². The summed E-state index contributed by atoms with van der Waals surface area (Å²) in [6.07, 6.45) is -4.58. The van der Waals surface area contributed by atoms with E-state index in [-0.39, 0.29) is 16.9 Å². The first-order valence-corrected chi connectivity index (χ1v) is 8.77. The average Bonchev–Trinajstić information content (AvgIpc) is 2.95. The number of aromatic nitrogens is 5. The molecule has 0 spiro atoms. The van der Waals surface area contributed by atoms with Crippen LogP contribution in [0.2, 0.25) is 0 Å². The van der Waals surface area contributed by atoms with Gasteiger partial charge in [-0.05, 0) is 24.3 Å². The number of halogens is 3. The molecule has 0 atom stereocenters. The highest BCUT2D eigenvalue weighted by molar-refractivity contribution is 7.89. The van der Waals surface area contributed by atoms with E-state index in [4.69, 9.17) is 0 Å². The number of thiazole rings is 1. The molecule has 0 aliphatic heterocycles. The average molecular weight is 355 g/mol. The zero-order valence-electron chi connectivity index (χ0n) is 11.6. The molecule has 0 radical (unpaired) electrons. The summed E-state index contributed by atoms with van der Waals surface area (Å²) in [5.41, 5.74) is -1.09. The zero-order chi connectivity index (χ0) is 16.5. The number of alkyl halides is 3. The topological polar surface area (TPSA) is 90.6 Å². The van der Waals surface area contributed by atoms with E-state index in [1.807, 2.05) is 0 Å². The van der Waals surface area contributed by atoms with Crippen LogP contribution in [0.15, 0.2) is 5.38 Å². The fourth-order valence-electron chi connectivity index (χ4n) is 1.65. The van der Waals surface area contributed by atoms with Gasteiger partial charge in [0.15, 0.2) is 21.4 Å². The van der Waals surface area contributed by atoms with E-state index >= 15 is 0 Å². The summed E-state index contributed by atoms with van der Waals surface area (Å²) in [4.78, 5) is 3.31. The molecule has 2 aromatic rings. The maximum absolute atomic E-state index is 12.4. The van der Waals surface area contributed by atoms with E-state index in [0.717, 1.165) is 5.38 Å². The van der Waals surface area contributed by atoms with Crippen molar-refractivity contribution >= 4 is 21.2 Å². The molecular weight excluding hydrogens is 343 g/mol. The third-order valence-corrected chi connectivity index (χ3v) is 5.03. The zero-order valence-corrected chi connectivity index (χ0v) is 13.2. The van der Waals surface area contributed by atoms with Crippen LogP contribution in [0.4, 0.5) is 13.2 Å². The van der Waals surface area contributed by atoms with Crippen molar-refractivity contribution in [3.05, 3.63) is 21.9 Å². The molecule has 2 heterocycles. The minimum Gasteiger partial charge on any atom is -0.236 e. The molecule has 22 heavy (non-hydrogen) atoms. The molecule has 0 amide bonds. The Balaban J connectivity index is 2.15. The van der Waals surface area contributed by atoms with Crippen LogP contribution < -0.4 is 0 Å². The van der Waals surface area contributed by atoms with Gasteiger partial charge in [0.1, 0.15) is 16.5 Å². The highest BCUT2D eigenvalue weighted by atomic mass is 32.2. The van der Waals surface area contributed by atoms with Crippen LogP contribution in [0, 0.1) is 0 Å². The molecule has 0 bridgehead atoms. The fourth-order valence-corrected chi connectivity index (χ4v) is 4.17. The van der Waals surface area contributed by atoms with Crippen molar-refractivity contribution in [1.82, 2.24) is 25.2 Å². The Bertz CT molecular complexity index is 751. The lowest BCUT2D eigenvalue weighted by molar-refractivity contribution is -0.140. The lowest BCUT2D eigenvalue weighted by Gasteiger charge is -2.07. The molecule has 0 unspecified atom stereocenters. The van der Waals surface area contributed by atoms with Gasteiger partial charge in [0, 0.05) is 5.38 Å². The van der Waals surface area contributed by atoms with E-state index in [1.165, 1.54) is 4.68 Å². The minimum absolute atomic E-state index is 0.115. The lowest BCUT2D eigenvalue weighted by Crippen LogP contribution is -2.15. The van der Waals surface area contributed by atoms with E-state index in [1.54, 1.807) is 13.8 Å². The lowest BCUT2D eigenvalue weighted by atomic mass is 10.4. The van der Waals surface area contributed by atoms with Crippen LogP contribution >= 0.6 is 11.3 Å². The van der Waals surface area contributed by atoms with Crippen molar-refractivity contribution in [1.29, 1.82) is 0 Å². The van der Waals surface area contributed by atoms with Crippen LogP contribution in [0.3, 0.4) is 0 Å². The van der Waals surface area contributed by atoms with Crippen molar-refractivity contribution in [2.75, 3.05) is 0 Å². The molecule has 122 valence electrons. The standard InChI is InChI=1S/C10H12F3N5O2S2/c1-6(2)18-8(15-16-17-18)4-22(19,20)5-9-14-7(3-21-9)10(11,12)13/h3,6H,4-5H2,1-2H3. The van der Waals surface area contributed by atoms with Crippen molar-refractivity contribution in [2.24, 2.45) is 0 Å². The molecule has 0 aliphatic rings. The number of hydrogen-bond donors (Lipinski definition) is 0. The molecule has 0 aliphatic carbocycles. The predicted molar refractivity (Wildman–Crippen MR) is 71.6 cm³/mol. The monoisotopic (exact) mass is 355 g/mol. The molecule has 0 saturated carbocycles. The molecule has 2 rings (SSSR count).